The first-order valence-electron chi connectivity index (χ1n) is 7.58. The SMILES string of the molecule is Cc1cc(C)nc(SCC(=O)N(C)CC(=O)Nc2ccc(F)cc2)n1. The summed E-state index contributed by atoms with van der Waals surface area (Å²) in [6.45, 7) is 3.64. The van der Waals surface area contributed by atoms with E-state index in [4.69, 9.17) is 0 Å². The first kappa shape index (κ1) is 18.9. The largest absolute Gasteiger partial charge is 0.336 e. The lowest BCUT2D eigenvalue weighted by molar-refractivity contribution is -0.131. The summed E-state index contributed by atoms with van der Waals surface area (Å²) in [5.74, 6) is -0.795. The van der Waals surface area contributed by atoms with Crippen LogP contribution in [0.1, 0.15) is 11.4 Å². The third kappa shape index (κ3) is 6.15. The van der Waals surface area contributed by atoms with E-state index in [-0.39, 0.29) is 29.9 Å². The van der Waals surface area contributed by atoms with Crippen molar-refractivity contribution < 1.29 is 14.0 Å². The molecule has 0 atom stereocenters. The molecule has 132 valence electrons. The van der Waals surface area contributed by atoms with Gasteiger partial charge in [0, 0.05) is 24.1 Å². The molecule has 0 bridgehead atoms. The number of aryl methyl sites for hydroxylation is 2. The summed E-state index contributed by atoms with van der Waals surface area (Å²) in [6.07, 6.45) is 0. The summed E-state index contributed by atoms with van der Waals surface area (Å²) < 4.78 is 12.8. The number of amides is 2. The Morgan fingerprint density at radius 2 is 1.76 bits per heavy atom. The molecule has 0 radical (unpaired) electrons. The molecule has 1 aromatic heterocycles. The molecule has 0 unspecified atom stereocenters. The lowest BCUT2D eigenvalue weighted by Crippen LogP contribution is -2.36. The van der Waals surface area contributed by atoms with Gasteiger partial charge in [0.15, 0.2) is 5.16 Å². The average molecular weight is 362 g/mol. The van der Waals surface area contributed by atoms with Gasteiger partial charge in [-0.1, -0.05) is 11.8 Å². The standard InChI is InChI=1S/C17H19FN4O2S/c1-11-8-12(2)20-17(19-11)25-10-16(24)22(3)9-15(23)21-14-6-4-13(18)5-7-14/h4-8H,9-10H2,1-3H3,(H,21,23). The van der Waals surface area contributed by atoms with Crippen molar-refractivity contribution in [2.75, 3.05) is 24.7 Å². The number of aromatic nitrogens is 2. The van der Waals surface area contributed by atoms with Crippen molar-refractivity contribution in [2.45, 2.75) is 19.0 Å². The first-order chi connectivity index (χ1) is 11.8. The van der Waals surface area contributed by atoms with E-state index in [2.05, 4.69) is 15.3 Å². The molecule has 8 heteroatoms. The maximum atomic E-state index is 12.8. The molecule has 0 aliphatic heterocycles. The van der Waals surface area contributed by atoms with E-state index in [1.54, 1.807) is 7.05 Å². The van der Waals surface area contributed by atoms with Gasteiger partial charge in [0.05, 0.1) is 12.3 Å². The number of carbonyl (C=O) groups excluding carboxylic acids is 2. The van der Waals surface area contributed by atoms with E-state index in [9.17, 15) is 14.0 Å². The van der Waals surface area contributed by atoms with Crippen molar-refractivity contribution in [3.8, 4) is 0 Å². The number of nitrogens with one attached hydrogen (secondary N) is 1. The first-order valence-corrected chi connectivity index (χ1v) is 8.56. The molecular weight excluding hydrogens is 343 g/mol. The van der Waals surface area contributed by atoms with Crippen molar-refractivity contribution in [3.63, 3.8) is 0 Å². The van der Waals surface area contributed by atoms with Gasteiger partial charge in [0.1, 0.15) is 5.82 Å². The van der Waals surface area contributed by atoms with Gasteiger partial charge in [0.25, 0.3) is 0 Å². The number of nitrogens with zero attached hydrogens (tertiary/aromatic N) is 3. The third-order valence-corrected chi connectivity index (χ3v) is 4.05. The minimum atomic E-state index is -0.379. The van der Waals surface area contributed by atoms with Gasteiger partial charge >= 0.3 is 0 Å². The van der Waals surface area contributed by atoms with Crippen molar-refractivity contribution in [1.82, 2.24) is 14.9 Å². The summed E-state index contributed by atoms with van der Waals surface area (Å²) in [5, 5.41) is 3.15. The van der Waals surface area contributed by atoms with Crippen molar-refractivity contribution in [2.24, 2.45) is 0 Å². The van der Waals surface area contributed by atoms with Crippen molar-refractivity contribution >= 4 is 29.3 Å². The van der Waals surface area contributed by atoms with E-state index >= 15 is 0 Å². The Morgan fingerprint density at radius 1 is 1.16 bits per heavy atom. The van der Waals surface area contributed by atoms with Crippen LogP contribution in [0.25, 0.3) is 0 Å². The molecule has 2 rings (SSSR count). The van der Waals surface area contributed by atoms with Crippen LogP contribution in [0.2, 0.25) is 0 Å². The number of thioether (sulfide) groups is 1. The number of rotatable bonds is 6. The third-order valence-electron chi connectivity index (χ3n) is 3.22. The van der Waals surface area contributed by atoms with Crippen LogP contribution < -0.4 is 5.32 Å². The molecular formula is C17H19FN4O2S. The summed E-state index contributed by atoms with van der Waals surface area (Å²) >= 11 is 1.23. The van der Waals surface area contributed by atoms with Gasteiger partial charge in [-0.25, -0.2) is 14.4 Å². The van der Waals surface area contributed by atoms with Crippen LogP contribution in [0.3, 0.4) is 0 Å². The Kier molecular flexibility index (Phi) is 6.46. The van der Waals surface area contributed by atoms with Gasteiger partial charge in [0.2, 0.25) is 11.8 Å². The predicted molar refractivity (Wildman–Crippen MR) is 94.9 cm³/mol. The minimum Gasteiger partial charge on any atom is -0.336 e. The molecule has 2 amide bonds. The molecule has 0 fully saturated rings. The normalized spacial score (nSPS) is 10.4. The number of hydrogen-bond donors (Lipinski definition) is 1. The lowest BCUT2D eigenvalue weighted by Gasteiger charge is -2.16. The topological polar surface area (TPSA) is 75.2 Å². The van der Waals surface area contributed by atoms with Gasteiger partial charge in [-0.2, -0.15) is 0 Å². The second kappa shape index (κ2) is 8.57. The molecule has 1 aromatic carbocycles. The number of likely N-dealkylation sites (N-methyl/N-ethyl adjacent to an activating group) is 1. The molecule has 0 saturated carbocycles. The fourth-order valence-electron chi connectivity index (χ4n) is 2.03. The molecule has 2 aromatic rings. The van der Waals surface area contributed by atoms with Crippen LogP contribution in [0.5, 0.6) is 0 Å². The molecule has 0 aliphatic carbocycles. The predicted octanol–water partition coefficient (Wildman–Crippen LogP) is 2.42. The molecule has 1 heterocycles. The summed E-state index contributed by atoms with van der Waals surface area (Å²) in [6, 6.07) is 7.29. The monoisotopic (exact) mass is 362 g/mol. The summed E-state index contributed by atoms with van der Waals surface area (Å²) in [4.78, 5) is 33.9. The van der Waals surface area contributed by atoms with Crippen LogP contribution in [0, 0.1) is 19.7 Å². The second-order valence-electron chi connectivity index (χ2n) is 5.53. The summed E-state index contributed by atoms with van der Waals surface area (Å²) in [7, 11) is 1.55. The number of halogens is 1. The Morgan fingerprint density at radius 3 is 2.36 bits per heavy atom. The lowest BCUT2D eigenvalue weighted by atomic mass is 10.3. The second-order valence-corrected chi connectivity index (χ2v) is 6.47. The summed E-state index contributed by atoms with van der Waals surface area (Å²) in [5.41, 5.74) is 2.16. The van der Waals surface area contributed by atoms with Gasteiger partial charge in [-0.15, -0.1) is 0 Å². The van der Waals surface area contributed by atoms with Crippen molar-refractivity contribution in [3.05, 3.63) is 47.5 Å². The maximum absolute atomic E-state index is 12.8. The fourth-order valence-corrected chi connectivity index (χ4v) is 2.92. The molecule has 6 nitrogen and oxygen atoms in total. The Hall–Kier alpha value is -2.48. The van der Waals surface area contributed by atoms with Crippen LogP contribution in [0.4, 0.5) is 10.1 Å². The molecule has 0 spiro atoms. The van der Waals surface area contributed by atoms with Crippen LogP contribution in [0.15, 0.2) is 35.5 Å². The van der Waals surface area contributed by atoms with Gasteiger partial charge in [-0.05, 0) is 44.2 Å². The number of carbonyl (C=O) groups is 2. The van der Waals surface area contributed by atoms with Crippen molar-refractivity contribution in [1.29, 1.82) is 0 Å². The minimum absolute atomic E-state index is 0.0928. The van der Waals surface area contributed by atoms with Crippen LogP contribution >= 0.6 is 11.8 Å². The zero-order valence-corrected chi connectivity index (χ0v) is 15.1. The number of anilines is 1. The highest BCUT2D eigenvalue weighted by Gasteiger charge is 2.14. The highest BCUT2D eigenvalue weighted by Crippen LogP contribution is 2.14. The quantitative estimate of drug-likeness (QED) is 0.631. The molecule has 0 aliphatic rings. The average Bonchev–Trinajstić information content (AvgIpc) is 2.53. The van der Waals surface area contributed by atoms with Gasteiger partial charge < -0.3 is 10.2 Å². The van der Waals surface area contributed by atoms with E-state index in [1.165, 1.54) is 40.9 Å². The molecule has 25 heavy (non-hydrogen) atoms. The molecule has 1 N–H and O–H groups in total. The van der Waals surface area contributed by atoms with Gasteiger partial charge in [-0.3, -0.25) is 9.59 Å². The highest BCUT2D eigenvalue weighted by molar-refractivity contribution is 7.99. The van der Waals surface area contributed by atoms with E-state index < -0.39 is 0 Å². The number of hydrogen-bond acceptors (Lipinski definition) is 5. The fraction of sp³-hybridized carbons (Fsp3) is 0.294. The van der Waals surface area contributed by atoms with Crippen LogP contribution in [-0.4, -0.2) is 46.0 Å². The van der Waals surface area contributed by atoms with E-state index in [1.807, 2.05) is 19.9 Å². The zero-order valence-electron chi connectivity index (χ0n) is 14.2. The van der Waals surface area contributed by atoms with Crippen LogP contribution in [-0.2, 0) is 9.59 Å². The maximum Gasteiger partial charge on any atom is 0.243 e. The number of benzene rings is 1. The smallest absolute Gasteiger partial charge is 0.243 e. The van der Waals surface area contributed by atoms with E-state index in [0.717, 1.165) is 11.4 Å². The zero-order chi connectivity index (χ0) is 18.4. The van der Waals surface area contributed by atoms with E-state index in [0.29, 0.717) is 10.8 Å². The highest BCUT2D eigenvalue weighted by atomic mass is 32.2. The Labute approximate surface area is 149 Å². The Balaban J connectivity index is 1.82. The molecule has 0 saturated heterocycles. The Bertz CT molecular complexity index is 747.